The largest absolute Gasteiger partial charge is 0.490 e. The maximum Gasteiger partial charge on any atom is 0.251 e. The molecule has 0 radical (unpaired) electrons. The molecule has 3 aromatic rings. The van der Waals surface area contributed by atoms with Crippen LogP contribution in [0.3, 0.4) is 0 Å². The van der Waals surface area contributed by atoms with Gasteiger partial charge in [0, 0.05) is 44.6 Å². The number of carbonyl (C=O) groups excluding carboxylic acids is 1. The molecule has 1 atom stereocenters. The lowest BCUT2D eigenvalue weighted by Gasteiger charge is -2.31. The highest BCUT2D eigenvalue weighted by molar-refractivity contribution is 6.33. The van der Waals surface area contributed by atoms with E-state index in [1.54, 1.807) is 18.3 Å². The number of hydrogen-bond donors (Lipinski definition) is 2. The Hall–Kier alpha value is -3.11. The molecule has 0 saturated carbocycles. The number of nitrogens with zero attached hydrogens (tertiary/aromatic N) is 2. The normalized spacial score (nSPS) is 17.0. The van der Waals surface area contributed by atoms with Crippen molar-refractivity contribution in [3.63, 3.8) is 0 Å². The van der Waals surface area contributed by atoms with Crippen LogP contribution in [0.25, 0.3) is 0 Å². The summed E-state index contributed by atoms with van der Waals surface area (Å²) >= 11 is 6.62. The van der Waals surface area contributed by atoms with E-state index in [0.717, 1.165) is 42.7 Å². The fourth-order valence-corrected chi connectivity index (χ4v) is 5.06. The minimum absolute atomic E-state index is 0.150. The van der Waals surface area contributed by atoms with Crippen LogP contribution in [0.1, 0.15) is 40.1 Å². The summed E-state index contributed by atoms with van der Waals surface area (Å²) in [6.45, 7) is 3.71. The van der Waals surface area contributed by atoms with Crippen molar-refractivity contribution in [1.29, 1.82) is 0 Å². The Balaban J connectivity index is 1.07. The van der Waals surface area contributed by atoms with Gasteiger partial charge in [0.1, 0.15) is 24.2 Å². The van der Waals surface area contributed by atoms with Crippen molar-refractivity contribution in [2.45, 2.75) is 44.6 Å². The van der Waals surface area contributed by atoms with E-state index in [1.165, 1.54) is 6.39 Å². The molecule has 1 aromatic heterocycles. The molecule has 2 N–H and O–H groups in total. The first kappa shape index (κ1) is 26.5. The van der Waals surface area contributed by atoms with Crippen LogP contribution in [0.4, 0.5) is 0 Å². The third kappa shape index (κ3) is 6.85. The number of aromatic nitrogens is 1. The third-order valence-corrected chi connectivity index (χ3v) is 7.20. The first-order chi connectivity index (χ1) is 18.5. The average molecular weight is 542 g/mol. The van der Waals surface area contributed by atoms with Crippen molar-refractivity contribution in [3.05, 3.63) is 76.5 Å². The van der Waals surface area contributed by atoms with Crippen LogP contribution >= 0.6 is 11.6 Å². The maximum absolute atomic E-state index is 12.6. The highest BCUT2D eigenvalue weighted by atomic mass is 35.5. The van der Waals surface area contributed by atoms with Crippen molar-refractivity contribution in [1.82, 2.24) is 15.2 Å². The van der Waals surface area contributed by atoms with Gasteiger partial charge in [0.15, 0.2) is 12.2 Å². The fraction of sp³-hybridized carbons (Fsp3) is 0.429. The molecule has 1 fully saturated rings. The Morgan fingerprint density at radius 2 is 2.03 bits per heavy atom. The Morgan fingerprint density at radius 1 is 1.21 bits per heavy atom. The molecule has 5 rings (SSSR count). The Morgan fingerprint density at radius 3 is 2.79 bits per heavy atom. The monoisotopic (exact) mass is 541 g/mol. The SMILES string of the molecule is O=C(NC[C@H](O)CN1CCc2c(ccc(OCc3cnco3)c2Cl)C1)c1ccc(OC2CCOCC2)cc1. The number of benzene rings is 2. The highest BCUT2D eigenvalue weighted by Crippen LogP contribution is 2.34. The molecule has 0 bridgehead atoms. The molecular weight excluding hydrogens is 510 g/mol. The Bertz CT molecular complexity index is 1200. The number of aliphatic hydroxyl groups excluding tert-OH is 1. The molecule has 10 heteroatoms. The van der Waals surface area contributed by atoms with Crippen LogP contribution in [0.2, 0.25) is 5.02 Å². The van der Waals surface area contributed by atoms with Gasteiger partial charge in [0.05, 0.1) is 30.5 Å². The van der Waals surface area contributed by atoms with E-state index in [4.69, 9.17) is 30.2 Å². The molecule has 2 aliphatic heterocycles. The molecule has 0 spiro atoms. The second-order valence-corrected chi connectivity index (χ2v) is 9.95. The number of hydrogen-bond acceptors (Lipinski definition) is 8. The number of aliphatic hydroxyl groups is 1. The summed E-state index contributed by atoms with van der Waals surface area (Å²) in [5.41, 5.74) is 2.69. The van der Waals surface area contributed by atoms with E-state index in [-0.39, 0.29) is 25.2 Å². The van der Waals surface area contributed by atoms with E-state index >= 15 is 0 Å². The Labute approximate surface area is 226 Å². The van der Waals surface area contributed by atoms with E-state index < -0.39 is 6.10 Å². The summed E-state index contributed by atoms with van der Waals surface area (Å²) in [7, 11) is 0. The van der Waals surface area contributed by atoms with Gasteiger partial charge in [0.2, 0.25) is 0 Å². The summed E-state index contributed by atoms with van der Waals surface area (Å²) < 4.78 is 22.3. The van der Waals surface area contributed by atoms with Gasteiger partial charge in [-0.25, -0.2) is 4.98 Å². The summed E-state index contributed by atoms with van der Waals surface area (Å²) in [4.78, 5) is 18.6. The lowest BCUT2D eigenvalue weighted by atomic mass is 9.99. The van der Waals surface area contributed by atoms with Crippen molar-refractivity contribution in [2.24, 2.45) is 0 Å². The molecule has 9 nitrogen and oxygen atoms in total. The van der Waals surface area contributed by atoms with Gasteiger partial charge in [-0.2, -0.15) is 0 Å². The number of fused-ring (bicyclic) bond motifs is 1. The molecule has 3 heterocycles. The summed E-state index contributed by atoms with van der Waals surface area (Å²) in [5.74, 6) is 1.76. The standard InChI is InChI=1S/C28H32ClN3O6/c29-27-25-7-10-32(15-20(25)3-6-26(27)36-17-24-14-30-18-37-24)16-21(33)13-31-28(34)19-1-4-22(5-2-19)38-23-8-11-35-12-9-23/h1-6,14,18,21,23,33H,7-13,15-17H2,(H,31,34)/t21-/m0/s1. The number of rotatable bonds is 10. The molecule has 1 saturated heterocycles. The summed E-state index contributed by atoms with van der Waals surface area (Å²) in [6.07, 6.45) is 4.91. The van der Waals surface area contributed by atoms with Gasteiger partial charge < -0.3 is 29.1 Å². The molecule has 202 valence electrons. The zero-order valence-corrected chi connectivity index (χ0v) is 21.9. The quantitative estimate of drug-likeness (QED) is 0.401. The first-order valence-electron chi connectivity index (χ1n) is 12.9. The van der Waals surface area contributed by atoms with E-state index in [1.807, 2.05) is 24.3 Å². The summed E-state index contributed by atoms with van der Waals surface area (Å²) in [5, 5.41) is 14.0. The second-order valence-electron chi connectivity index (χ2n) is 9.57. The van der Waals surface area contributed by atoms with Gasteiger partial charge in [-0.1, -0.05) is 17.7 Å². The molecule has 1 amide bonds. The third-order valence-electron chi connectivity index (χ3n) is 6.78. The lowest BCUT2D eigenvalue weighted by molar-refractivity contribution is 0.0255. The van der Waals surface area contributed by atoms with Crippen LogP contribution in [0.5, 0.6) is 11.5 Å². The van der Waals surface area contributed by atoms with Crippen molar-refractivity contribution < 1.29 is 28.5 Å². The first-order valence-corrected chi connectivity index (χ1v) is 13.3. The van der Waals surface area contributed by atoms with Crippen molar-refractivity contribution in [2.75, 3.05) is 32.8 Å². The van der Waals surface area contributed by atoms with Crippen LogP contribution in [0.15, 0.2) is 53.4 Å². The number of oxazole rings is 1. The topological polar surface area (TPSA) is 106 Å². The van der Waals surface area contributed by atoms with E-state index in [9.17, 15) is 9.90 Å². The number of β-amino-alcohol motifs (C(OH)–C–C–N with tert-alkyl or cyclic N) is 1. The Kier molecular flexibility index (Phi) is 8.80. The van der Waals surface area contributed by atoms with Gasteiger partial charge in [-0.05, 0) is 47.9 Å². The zero-order chi connectivity index (χ0) is 26.3. The van der Waals surface area contributed by atoms with Gasteiger partial charge in [-0.3, -0.25) is 9.69 Å². The number of halogens is 1. The predicted molar refractivity (Wildman–Crippen MR) is 141 cm³/mol. The van der Waals surface area contributed by atoms with E-state index in [0.29, 0.717) is 48.4 Å². The highest BCUT2D eigenvalue weighted by Gasteiger charge is 2.23. The number of ether oxygens (including phenoxy) is 3. The average Bonchev–Trinajstić information content (AvgIpc) is 3.46. The predicted octanol–water partition coefficient (Wildman–Crippen LogP) is 3.61. The number of nitrogens with one attached hydrogen (secondary N) is 1. The van der Waals surface area contributed by atoms with E-state index in [2.05, 4.69) is 15.2 Å². The van der Waals surface area contributed by atoms with Crippen molar-refractivity contribution >= 4 is 17.5 Å². The molecular formula is C28H32ClN3O6. The van der Waals surface area contributed by atoms with Crippen molar-refractivity contribution in [3.8, 4) is 11.5 Å². The summed E-state index contributed by atoms with van der Waals surface area (Å²) in [6, 6.07) is 11.0. The molecule has 0 aliphatic carbocycles. The lowest BCUT2D eigenvalue weighted by Crippen LogP contribution is -2.42. The van der Waals surface area contributed by atoms with Crippen LogP contribution < -0.4 is 14.8 Å². The minimum Gasteiger partial charge on any atom is -0.490 e. The second kappa shape index (κ2) is 12.6. The maximum atomic E-state index is 12.6. The van der Waals surface area contributed by atoms with Crippen LogP contribution in [0, 0.1) is 0 Å². The molecule has 38 heavy (non-hydrogen) atoms. The molecule has 2 aromatic carbocycles. The van der Waals surface area contributed by atoms with Gasteiger partial charge in [-0.15, -0.1) is 0 Å². The minimum atomic E-state index is -0.698. The van der Waals surface area contributed by atoms with Gasteiger partial charge >= 0.3 is 0 Å². The number of carbonyl (C=O) groups is 1. The van der Waals surface area contributed by atoms with Gasteiger partial charge in [0.25, 0.3) is 5.91 Å². The number of amides is 1. The zero-order valence-electron chi connectivity index (χ0n) is 21.1. The smallest absolute Gasteiger partial charge is 0.251 e. The fourth-order valence-electron chi connectivity index (χ4n) is 4.72. The van der Waals surface area contributed by atoms with Crippen LogP contribution in [-0.2, 0) is 24.3 Å². The molecule has 2 aliphatic rings. The van der Waals surface area contributed by atoms with Crippen LogP contribution in [-0.4, -0.2) is 66.0 Å². The molecule has 0 unspecified atom stereocenters.